The standard InChI is InChI=1S/C17H27N3O3S/c1-4-23-17(22)20-9-5-7-13(12-20)16(21)18-11-14(19(2)3)15-8-6-10-24-15/h6,8,10,13-14H,4-5,7,9,11-12H2,1-3H3,(H,18,21). The van der Waals surface area contributed by atoms with Crippen molar-refractivity contribution in [2.45, 2.75) is 25.8 Å². The summed E-state index contributed by atoms with van der Waals surface area (Å²) in [4.78, 5) is 29.3. The van der Waals surface area contributed by atoms with Gasteiger partial charge in [-0.05, 0) is 45.3 Å². The van der Waals surface area contributed by atoms with Crippen LogP contribution >= 0.6 is 11.3 Å². The van der Waals surface area contributed by atoms with Gasteiger partial charge in [-0.2, -0.15) is 0 Å². The molecule has 1 N–H and O–H groups in total. The van der Waals surface area contributed by atoms with Gasteiger partial charge in [-0.25, -0.2) is 4.79 Å². The molecule has 2 amide bonds. The van der Waals surface area contributed by atoms with E-state index in [1.54, 1.807) is 23.2 Å². The van der Waals surface area contributed by atoms with E-state index in [9.17, 15) is 9.59 Å². The maximum Gasteiger partial charge on any atom is 0.409 e. The Hall–Kier alpha value is -1.60. The van der Waals surface area contributed by atoms with Crippen molar-refractivity contribution in [3.05, 3.63) is 22.4 Å². The van der Waals surface area contributed by atoms with Gasteiger partial charge in [-0.15, -0.1) is 11.3 Å². The zero-order valence-corrected chi connectivity index (χ0v) is 15.5. The Labute approximate surface area is 147 Å². The molecule has 0 spiro atoms. The SMILES string of the molecule is CCOC(=O)N1CCCC(C(=O)NCC(c2cccs2)N(C)C)C1. The molecule has 1 fully saturated rings. The Morgan fingerprint density at radius 2 is 2.29 bits per heavy atom. The van der Waals surface area contributed by atoms with E-state index in [0.29, 0.717) is 26.2 Å². The second kappa shape index (κ2) is 9.03. The molecule has 1 aromatic heterocycles. The fourth-order valence-electron chi connectivity index (χ4n) is 2.93. The molecule has 2 atom stereocenters. The normalized spacial score (nSPS) is 19.2. The van der Waals surface area contributed by atoms with Gasteiger partial charge in [0.25, 0.3) is 0 Å². The van der Waals surface area contributed by atoms with Gasteiger partial charge in [0.15, 0.2) is 0 Å². The van der Waals surface area contributed by atoms with Gasteiger partial charge in [-0.1, -0.05) is 6.07 Å². The van der Waals surface area contributed by atoms with Crippen LogP contribution in [0.1, 0.15) is 30.7 Å². The summed E-state index contributed by atoms with van der Waals surface area (Å²) in [7, 11) is 4.03. The quantitative estimate of drug-likeness (QED) is 0.853. The molecule has 7 heteroatoms. The molecule has 0 radical (unpaired) electrons. The van der Waals surface area contributed by atoms with E-state index < -0.39 is 0 Å². The highest BCUT2D eigenvalue weighted by atomic mass is 32.1. The number of nitrogens with zero attached hydrogens (tertiary/aromatic N) is 2. The fourth-order valence-corrected chi connectivity index (χ4v) is 3.85. The first-order valence-corrected chi connectivity index (χ1v) is 9.30. The van der Waals surface area contributed by atoms with Gasteiger partial charge >= 0.3 is 6.09 Å². The molecule has 24 heavy (non-hydrogen) atoms. The van der Waals surface area contributed by atoms with Crippen LogP contribution in [0.3, 0.4) is 0 Å². The lowest BCUT2D eigenvalue weighted by Crippen LogP contribution is -2.46. The van der Waals surface area contributed by atoms with E-state index in [1.807, 2.05) is 25.5 Å². The number of likely N-dealkylation sites (N-methyl/N-ethyl adjacent to an activating group) is 1. The number of piperidine rings is 1. The van der Waals surface area contributed by atoms with E-state index >= 15 is 0 Å². The van der Waals surface area contributed by atoms with Crippen molar-refractivity contribution in [2.75, 3.05) is 40.3 Å². The topological polar surface area (TPSA) is 61.9 Å². The highest BCUT2D eigenvalue weighted by molar-refractivity contribution is 7.10. The molecule has 1 aliphatic heterocycles. The van der Waals surface area contributed by atoms with Crippen molar-refractivity contribution >= 4 is 23.3 Å². The number of hydrogen-bond acceptors (Lipinski definition) is 5. The van der Waals surface area contributed by atoms with Crippen molar-refractivity contribution in [1.29, 1.82) is 0 Å². The van der Waals surface area contributed by atoms with Crippen molar-refractivity contribution in [3.63, 3.8) is 0 Å². The Bertz CT molecular complexity index is 533. The van der Waals surface area contributed by atoms with Crippen molar-refractivity contribution in [3.8, 4) is 0 Å². The first kappa shape index (κ1) is 18.7. The predicted octanol–water partition coefficient (Wildman–Crippen LogP) is 2.34. The Balaban J connectivity index is 1.88. The summed E-state index contributed by atoms with van der Waals surface area (Å²) in [5.74, 6) is -0.137. The molecule has 0 bridgehead atoms. The van der Waals surface area contributed by atoms with Crippen LogP contribution < -0.4 is 5.32 Å². The number of amides is 2. The number of ether oxygens (including phenoxy) is 1. The third-order valence-electron chi connectivity index (χ3n) is 4.28. The van der Waals surface area contributed by atoms with Gasteiger partial charge in [0, 0.05) is 24.5 Å². The molecule has 2 heterocycles. The van der Waals surface area contributed by atoms with Crippen molar-refractivity contribution < 1.29 is 14.3 Å². The van der Waals surface area contributed by atoms with Crippen LogP contribution in [0.4, 0.5) is 4.79 Å². The van der Waals surface area contributed by atoms with Gasteiger partial charge in [-0.3, -0.25) is 4.79 Å². The van der Waals surface area contributed by atoms with E-state index in [4.69, 9.17) is 4.74 Å². The number of likely N-dealkylation sites (tertiary alicyclic amines) is 1. The zero-order chi connectivity index (χ0) is 17.5. The van der Waals surface area contributed by atoms with Crippen LogP contribution in [-0.4, -0.2) is 62.1 Å². The number of hydrogen-bond donors (Lipinski definition) is 1. The van der Waals surface area contributed by atoms with E-state index in [0.717, 1.165) is 12.8 Å². The zero-order valence-electron chi connectivity index (χ0n) is 14.7. The highest BCUT2D eigenvalue weighted by Gasteiger charge is 2.29. The Morgan fingerprint density at radius 1 is 1.50 bits per heavy atom. The maximum absolute atomic E-state index is 12.5. The van der Waals surface area contributed by atoms with E-state index in [-0.39, 0.29) is 24.0 Å². The summed E-state index contributed by atoms with van der Waals surface area (Å²) in [5, 5.41) is 5.11. The average Bonchev–Trinajstić information content (AvgIpc) is 3.09. The summed E-state index contributed by atoms with van der Waals surface area (Å²) in [6.07, 6.45) is 1.33. The third-order valence-corrected chi connectivity index (χ3v) is 5.26. The number of carbonyl (C=O) groups is 2. The summed E-state index contributed by atoms with van der Waals surface area (Å²) < 4.78 is 5.04. The molecule has 0 aromatic carbocycles. The number of nitrogens with one attached hydrogen (secondary N) is 1. The lowest BCUT2D eigenvalue weighted by atomic mass is 9.97. The Kier molecular flexibility index (Phi) is 7.05. The van der Waals surface area contributed by atoms with Crippen molar-refractivity contribution in [2.24, 2.45) is 5.92 Å². The van der Waals surface area contributed by atoms with Crippen LogP contribution in [0.5, 0.6) is 0 Å². The number of rotatable bonds is 6. The summed E-state index contributed by atoms with van der Waals surface area (Å²) >= 11 is 1.69. The largest absolute Gasteiger partial charge is 0.450 e. The minimum Gasteiger partial charge on any atom is -0.450 e. The molecule has 6 nitrogen and oxygen atoms in total. The van der Waals surface area contributed by atoms with Gasteiger partial charge in [0.2, 0.25) is 5.91 Å². The molecule has 134 valence electrons. The minimum absolute atomic E-state index is 0.0207. The summed E-state index contributed by atoms with van der Waals surface area (Å²) in [5.41, 5.74) is 0. The molecule has 2 rings (SSSR count). The molecule has 1 aromatic rings. The predicted molar refractivity (Wildman–Crippen MR) is 95.1 cm³/mol. The van der Waals surface area contributed by atoms with Gasteiger partial charge in [0.1, 0.15) is 0 Å². The van der Waals surface area contributed by atoms with Gasteiger partial charge < -0.3 is 19.9 Å². The first-order chi connectivity index (χ1) is 11.5. The van der Waals surface area contributed by atoms with Crippen LogP contribution in [0.15, 0.2) is 17.5 Å². The lowest BCUT2D eigenvalue weighted by Gasteiger charge is -2.32. The molecular formula is C17H27N3O3S. The van der Waals surface area contributed by atoms with Crippen LogP contribution in [-0.2, 0) is 9.53 Å². The molecule has 2 unspecified atom stereocenters. The average molecular weight is 353 g/mol. The summed E-state index contributed by atoms with van der Waals surface area (Å²) in [6, 6.07) is 4.28. The lowest BCUT2D eigenvalue weighted by molar-refractivity contribution is -0.126. The minimum atomic E-state index is -0.320. The second-order valence-corrected chi connectivity index (χ2v) is 7.20. The number of carbonyl (C=O) groups excluding carboxylic acids is 2. The van der Waals surface area contributed by atoms with E-state index in [1.165, 1.54) is 4.88 Å². The smallest absolute Gasteiger partial charge is 0.409 e. The maximum atomic E-state index is 12.5. The summed E-state index contributed by atoms with van der Waals surface area (Å²) in [6.45, 7) is 3.83. The molecule has 0 aliphatic carbocycles. The first-order valence-electron chi connectivity index (χ1n) is 8.42. The van der Waals surface area contributed by atoms with E-state index in [2.05, 4.69) is 16.3 Å². The fraction of sp³-hybridized carbons (Fsp3) is 0.647. The van der Waals surface area contributed by atoms with Crippen LogP contribution in [0.25, 0.3) is 0 Å². The Morgan fingerprint density at radius 3 is 2.92 bits per heavy atom. The van der Waals surface area contributed by atoms with Gasteiger partial charge in [0.05, 0.1) is 18.6 Å². The van der Waals surface area contributed by atoms with Crippen LogP contribution in [0.2, 0.25) is 0 Å². The van der Waals surface area contributed by atoms with Crippen molar-refractivity contribution in [1.82, 2.24) is 15.1 Å². The molecule has 1 aliphatic rings. The molecule has 1 saturated heterocycles. The number of thiophene rings is 1. The van der Waals surface area contributed by atoms with Crippen LogP contribution in [0, 0.1) is 5.92 Å². The second-order valence-electron chi connectivity index (χ2n) is 6.22. The highest BCUT2D eigenvalue weighted by Crippen LogP contribution is 2.23. The monoisotopic (exact) mass is 353 g/mol. The molecule has 0 saturated carbocycles. The third kappa shape index (κ3) is 4.95. The molecular weight excluding hydrogens is 326 g/mol.